The quantitative estimate of drug-likeness (QED) is 0.647. The van der Waals surface area contributed by atoms with Crippen molar-refractivity contribution in [3.63, 3.8) is 0 Å². The first-order chi connectivity index (χ1) is 7.13. The fourth-order valence-corrected chi connectivity index (χ4v) is 1.81. The van der Waals surface area contributed by atoms with Crippen LogP contribution in [0.4, 0.5) is 4.39 Å². The van der Waals surface area contributed by atoms with Crippen LogP contribution < -0.4 is 0 Å². The molecule has 0 aliphatic heterocycles. The minimum atomic E-state index is -0.275. The molecular weight excluding hydrogens is 191 g/mol. The normalized spacial score (nSPS) is 10.6. The summed E-state index contributed by atoms with van der Waals surface area (Å²) in [5.41, 5.74) is 2.63. The van der Waals surface area contributed by atoms with Crippen molar-refractivity contribution in [3.05, 3.63) is 46.8 Å². The molecule has 2 heteroatoms. The Kier molecular flexibility index (Phi) is 2.27. The largest absolute Gasteiger partial charge is 0.298 e. The summed E-state index contributed by atoms with van der Waals surface area (Å²) >= 11 is 0. The van der Waals surface area contributed by atoms with Gasteiger partial charge in [0.2, 0.25) is 0 Å². The Bertz CT molecular complexity index is 544. The Morgan fingerprint density at radius 1 is 1.13 bits per heavy atom. The molecule has 1 nitrogen and oxygen atoms in total. The highest BCUT2D eigenvalue weighted by atomic mass is 19.1. The van der Waals surface area contributed by atoms with E-state index >= 15 is 0 Å². The van der Waals surface area contributed by atoms with Crippen LogP contribution in [-0.4, -0.2) is 6.29 Å². The van der Waals surface area contributed by atoms with E-state index in [1.165, 1.54) is 12.1 Å². The Balaban J connectivity index is 2.90. The number of benzene rings is 2. The molecule has 0 radical (unpaired) electrons. The van der Waals surface area contributed by atoms with Gasteiger partial charge in [-0.05, 0) is 53.9 Å². The second-order valence-corrected chi connectivity index (χ2v) is 3.70. The van der Waals surface area contributed by atoms with Gasteiger partial charge in [-0.1, -0.05) is 6.07 Å². The maximum absolute atomic E-state index is 13.0. The average Bonchev–Trinajstić information content (AvgIpc) is 2.23. The standard InChI is InChI=1S/C13H11FO/c1-8-9(2)13-4-3-12(14)6-10(13)5-11(8)7-15/h3-7H,1-2H3. The summed E-state index contributed by atoms with van der Waals surface area (Å²) < 4.78 is 13.0. The lowest BCUT2D eigenvalue weighted by Crippen LogP contribution is -1.92. The number of hydrogen-bond acceptors (Lipinski definition) is 1. The van der Waals surface area contributed by atoms with Crippen molar-refractivity contribution in [1.82, 2.24) is 0 Å². The summed E-state index contributed by atoms with van der Waals surface area (Å²) in [4.78, 5) is 10.8. The second kappa shape index (κ2) is 3.46. The van der Waals surface area contributed by atoms with E-state index in [1.807, 2.05) is 13.8 Å². The summed E-state index contributed by atoms with van der Waals surface area (Å²) in [6.07, 6.45) is 0.812. The van der Waals surface area contributed by atoms with E-state index in [9.17, 15) is 9.18 Å². The third kappa shape index (κ3) is 1.52. The average molecular weight is 202 g/mol. The predicted molar refractivity (Wildman–Crippen MR) is 58.8 cm³/mol. The van der Waals surface area contributed by atoms with Gasteiger partial charge in [-0.25, -0.2) is 4.39 Å². The summed E-state index contributed by atoms with van der Waals surface area (Å²) in [6.45, 7) is 3.85. The van der Waals surface area contributed by atoms with Gasteiger partial charge in [0.05, 0.1) is 0 Å². The van der Waals surface area contributed by atoms with Crippen LogP contribution in [0, 0.1) is 19.7 Å². The maximum atomic E-state index is 13.0. The van der Waals surface area contributed by atoms with E-state index in [-0.39, 0.29) is 5.82 Å². The molecule has 0 heterocycles. The molecule has 0 unspecified atom stereocenters. The summed E-state index contributed by atoms with van der Waals surface area (Å²) in [7, 11) is 0. The summed E-state index contributed by atoms with van der Waals surface area (Å²) in [5, 5.41) is 1.78. The minimum Gasteiger partial charge on any atom is -0.298 e. The van der Waals surface area contributed by atoms with Crippen LogP contribution >= 0.6 is 0 Å². The van der Waals surface area contributed by atoms with Gasteiger partial charge in [0, 0.05) is 5.56 Å². The van der Waals surface area contributed by atoms with Crippen LogP contribution in [0.3, 0.4) is 0 Å². The number of hydrogen-bond donors (Lipinski definition) is 0. The van der Waals surface area contributed by atoms with Crippen molar-refractivity contribution < 1.29 is 9.18 Å². The van der Waals surface area contributed by atoms with Crippen molar-refractivity contribution >= 4 is 17.1 Å². The van der Waals surface area contributed by atoms with E-state index in [4.69, 9.17) is 0 Å². The van der Waals surface area contributed by atoms with Gasteiger partial charge in [0.15, 0.2) is 0 Å². The molecule has 2 aromatic carbocycles. The fraction of sp³-hybridized carbons (Fsp3) is 0.154. The minimum absolute atomic E-state index is 0.275. The van der Waals surface area contributed by atoms with Gasteiger partial charge in [0.1, 0.15) is 12.1 Å². The van der Waals surface area contributed by atoms with E-state index in [1.54, 1.807) is 12.1 Å². The zero-order chi connectivity index (χ0) is 11.0. The smallest absolute Gasteiger partial charge is 0.150 e. The number of halogens is 1. The van der Waals surface area contributed by atoms with Crippen LogP contribution in [0.5, 0.6) is 0 Å². The van der Waals surface area contributed by atoms with Crippen LogP contribution in [0.25, 0.3) is 10.8 Å². The van der Waals surface area contributed by atoms with Crippen LogP contribution in [-0.2, 0) is 0 Å². The monoisotopic (exact) mass is 202 g/mol. The first-order valence-electron chi connectivity index (χ1n) is 4.78. The Morgan fingerprint density at radius 2 is 1.87 bits per heavy atom. The number of rotatable bonds is 1. The molecule has 0 aliphatic rings. The number of fused-ring (bicyclic) bond motifs is 1. The highest BCUT2D eigenvalue weighted by molar-refractivity contribution is 5.93. The highest BCUT2D eigenvalue weighted by Crippen LogP contribution is 2.24. The molecule has 76 valence electrons. The highest BCUT2D eigenvalue weighted by Gasteiger charge is 2.06. The number of carbonyl (C=O) groups is 1. The van der Waals surface area contributed by atoms with Gasteiger partial charge >= 0.3 is 0 Å². The number of carbonyl (C=O) groups excluding carboxylic acids is 1. The van der Waals surface area contributed by atoms with Crippen LogP contribution in [0.1, 0.15) is 21.5 Å². The molecule has 2 aromatic rings. The van der Waals surface area contributed by atoms with Crippen molar-refractivity contribution in [2.24, 2.45) is 0 Å². The van der Waals surface area contributed by atoms with Gasteiger partial charge in [-0.3, -0.25) is 4.79 Å². The molecule has 0 saturated carbocycles. The van der Waals surface area contributed by atoms with E-state index < -0.39 is 0 Å². The Labute approximate surface area is 87.5 Å². The molecule has 0 bridgehead atoms. The van der Waals surface area contributed by atoms with E-state index in [0.717, 1.165) is 28.2 Å². The summed E-state index contributed by atoms with van der Waals surface area (Å²) in [5.74, 6) is -0.275. The molecule has 0 aliphatic carbocycles. The lowest BCUT2D eigenvalue weighted by molar-refractivity contribution is 0.112. The molecule has 0 aromatic heterocycles. The zero-order valence-corrected chi connectivity index (χ0v) is 8.67. The first kappa shape index (κ1) is 9.84. The molecule has 0 saturated heterocycles. The Morgan fingerprint density at radius 3 is 2.53 bits per heavy atom. The third-order valence-electron chi connectivity index (χ3n) is 2.85. The maximum Gasteiger partial charge on any atom is 0.150 e. The third-order valence-corrected chi connectivity index (χ3v) is 2.85. The van der Waals surface area contributed by atoms with Crippen molar-refractivity contribution in [2.75, 3.05) is 0 Å². The van der Waals surface area contributed by atoms with Crippen LogP contribution in [0.15, 0.2) is 24.3 Å². The molecule has 15 heavy (non-hydrogen) atoms. The molecule has 0 fully saturated rings. The molecule has 2 rings (SSSR count). The molecule has 0 amide bonds. The van der Waals surface area contributed by atoms with Crippen molar-refractivity contribution in [3.8, 4) is 0 Å². The molecule has 0 atom stereocenters. The number of aldehydes is 1. The Hall–Kier alpha value is -1.70. The topological polar surface area (TPSA) is 17.1 Å². The van der Waals surface area contributed by atoms with Gasteiger partial charge in [-0.2, -0.15) is 0 Å². The number of aryl methyl sites for hydroxylation is 1. The molecular formula is C13H11FO. The lowest BCUT2D eigenvalue weighted by Gasteiger charge is -2.08. The lowest BCUT2D eigenvalue weighted by atomic mass is 9.96. The van der Waals surface area contributed by atoms with E-state index in [2.05, 4.69) is 0 Å². The second-order valence-electron chi connectivity index (χ2n) is 3.70. The van der Waals surface area contributed by atoms with E-state index in [0.29, 0.717) is 5.56 Å². The molecule has 0 N–H and O–H groups in total. The van der Waals surface area contributed by atoms with Crippen molar-refractivity contribution in [2.45, 2.75) is 13.8 Å². The first-order valence-corrected chi connectivity index (χ1v) is 4.78. The fourth-order valence-electron chi connectivity index (χ4n) is 1.81. The van der Waals surface area contributed by atoms with Crippen molar-refractivity contribution in [1.29, 1.82) is 0 Å². The summed E-state index contributed by atoms with van der Waals surface area (Å²) in [6, 6.07) is 6.37. The predicted octanol–water partition coefficient (Wildman–Crippen LogP) is 3.41. The SMILES string of the molecule is Cc1c(C=O)cc2cc(F)ccc2c1C. The van der Waals surface area contributed by atoms with Gasteiger partial charge in [0.25, 0.3) is 0 Å². The van der Waals surface area contributed by atoms with Gasteiger partial charge < -0.3 is 0 Å². The zero-order valence-electron chi connectivity index (χ0n) is 8.67. The van der Waals surface area contributed by atoms with Crippen LogP contribution in [0.2, 0.25) is 0 Å². The molecule has 0 spiro atoms. The van der Waals surface area contributed by atoms with Gasteiger partial charge in [-0.15, -0.1) is 0 Å².